The van der Waals surface area contributed by atoms with Gasteiger partial charge in [-0.25, -0.2) is 0 Å². The lowest BCUT2D eigenvalue weighted by Gasteiger charge is -2.27. The van der Waals surface area contributed by atoms with Crippen molar-refractivity contribution in [3.63, 3.8) is 0 Å². The minimum Gasteiger partial charge on any atom is -0.370 e. The van der Waals surface area contributed by atoms with Gasteiger partial charge in [-0.2, -0.15) is 0 Å². The number of nitrogens with zero attached hydrogens (tertiary/aromatic N) is 2. The van der Waals surface area contributed by atoms with Gasteiger partial charge in [0.05, 0.1) is 6.54 Å². The number of carbonyl (C=O) groups excluding carboxylic acids is 1. The number of fused-ring (bicyclic) bond motifs is 1. The Hall–Kier alpha value is -3.02. The maximum absolute atomic E-state index is 12.0. The molecule has 1 aliphatic heterocycles. The zero-order valence-corrected chi connectivity index (χ0v) is 17.5. The number of nitrogens with one attached hydrogen (secondary N) is 3. The number of rotatable bonds is 7. The smallest absolute Gasteiger partial charge is 0.225 e. The molecule has 1 heterocycles. The second-order valence-corrected chi connectivity index (χ2v) is 7.43. The molecule has 2 unspecified atom stereocenters. The van der Waals surface area contributed by atoms with Crippen LogP contribution in [0.2, 0.25) is 0 Å². The summed E-state index contributed by atoms with van der Waals surface area (Å²) in [6, 6.07) is 18.6. The van der Waals surface area contributed by atoms with E-state index in [1.54, 1.807) is 0 Å². The van der Waals surface area contributed by atoms with Crippen molar-refractivity contribution in [1.29, 1.82) is 0 Å². The van der Waals surface area contributed by atoms with Gasteiger partial charge in [-0.1, -0.05) is 36.4 Å². The monoisotopic (exact) mass is 393 g/mol. The van der Waals surface area contributed by atoms with Gasteiger partial charge in [0.25, 0.3) is 0 Å². The summed E-state index contributed by atoms with van der Waals surface area (Å²) in [6.45, 7) is 6.35. The highest BCUT2D eigenvalue weighted by Gasteiger charge is 2.24. The third-order valence-electron chi connectivity index (χ3n) is 5.30. The van der Waals surface area contributed by atoms with Gasteiger partial charge in [0.15, 0.2) is 5.96 Å². The summed E-state index contributed by atoms with van der Waals surface area (Å²) in [5.41, 5.74) is 3.27. The van der Waals surface area contributed by atoms with Gasteiger partial charge in [0.2, 0.25) is 5.91 Å². The number of carbonyl (C=O) groups is 1. The minimum absolute atomic E-state index is 0.0653. The number of likely N-dealkylation sites (N-methyl/N-ethyl adjacent to an activating group) is 1. The van der Waals surface area contributed by atoms with Crippen molar-refractivity contribution < 1.29 is 4.79 Å². The summed E-state index contributed by atoms with van der Waals surface area (Å²) >= 11 is 0. The average molecular weight is 394 g/mol. The molecule has 1 aliphatic rings. The molecule has 0 saturated carbocycles. The van der Waals surface area contributed by atoms with Crippen LogP contribution in [-0.4, -0.2) is 44.6 Å². The number of amides is 1. The van der Waals surface area contributed by atoms with Crippen LogP contribution in [0.15, 0.2) is 59.6 Å². The Bertz CT molecular complexity index is 836. The Morgan fingerprint density at radius 2 is 1.90 bits per heavy atom. The quantitative estimate of drug-likeness (QED) is 0.499. The Balaban J connectivity index is 1.62. The van der Waals surface area contributed by atoms with Crippen LogP contribution in [0.4, 0.5) is 11.4 Å². The molecular formula is C23H31N5O. The fraction of sp³-hybridized carbons (Fsp3) is 0.391. The highest BCUT2D eigenvalue weighted by Crippen LogP contribution is 2.31. The first-order valence-electron chi connectivity index (χ1n) is 10.3. The Labute approximate surface area is 173 Å². The molecule has 0 saturated heterocycles. The summed E-state index contributed by atoms with van der Waals surface area (Å²) in [6.07, 6.45) is 0.483. The number of para-hydroxylation sites is 2. The molecule has 0 spiro atoms. The average Bonchev–Trinajstić information content (AvgIpc) is 2.75. The van der Waals surface area contributed by atoms with Crippen LogP contribution in [0.5, 0.6) is 0 Å². The van der Waals surface area contributed by atoms with E-state index in [9.17, 15) is 4.79 Å². The molecule has 2 aromatic carbocycles. The van der Waals surface area contributed by atoms with Crippen LogP contribution >= 0.6 is 0 Å². The van der Waals surface area contributed by atoms with Crippen LogP contribution < -0.4 is 20.9 Å². The molecule has 3 N–H and O–H groups in total. The normalized spacial score (nSPS) is 17.1. The Kier molecular flexibility index (Phi) is 7.11. The van der Waals surface area contributed by atoms with Crippen molar-refractivity contribution in [1.82, 2.24) is 10.6 Å². The first-order chi connectivity index (χ1) is 14.1. The van der Waals surface area contributed by atoms with Gasteiger partial charge in [-0.3, -0.25) is 9.79 Å². The van der Waals surface area contributed by atoms with E-state index in [-0.39, 0.29) is 17.9 Å². The zero-order valence-electron chi connectivity index (χ0n) is 17.5. The molecule has 0 bridgehead atoms. The van der Waals surface area contributed by atoms with Crippen LogP contribution in [-0.2, 0) is 4.79 Å². The van der Waals surface area contributed by atoms with Crippen molar-refractivity contribution in [3.05, 3.63) is 60.2 Å². The van der Waals surface area contributed by atoms with Crippen molar-refractivity contribution in [2.24, 2.45) is 4.99 Å². The molecule has 29 heavy (non-hydrogen) atoms. The third-order valence-corrected chi connectivity index (χ3v) is 5.30. The van der Waals surface area contributed by atoms with E-state index >= 15 is 0 Å². The number of benzene rings is 2. The molecule has 0 radical (unpaired) electrons. The number of aliphatic imine (C=N–C) groups is 1. The number of anilines is 2. The second kappa shape index (κ2) is 9.96. The molecular weight excluding hydrogens is 362 g/mol. The first kappa shape index (κ1) is 20.7. The van der Waals surface area contributed by atoms with E-state index in [1.807, 2.05) is 36.4 Å². The number of hydrogen-bond acceptors (Lipinski definition) is 3. The number of hydrogen-bond donors (Lipinski definition) is 3. The molecule has 0 aliphatic carbocycles. The second-order valence-electron chi connectivity index (χ2n) is 7.43. The lowest BCUT2D eigenvalue weighted by Crippen LogP contribution is -2.42. The van der Waals surface area contributed by atoms with Gasteiger partial charge >= 0.3 is 0 Å². The molecule has 0 aromatic heterocycles. The molecule has 6 nitrogen and oxygen atoms in total. The van der Waals surface area contributed by atoms with E-state index < -0.39 is 0 Å². The van der Waals surface area contributed by atoms with Crippen LogP contribution in [0.3, 0.4) is 0 Å². The largest absolute Gasteiger partial charge is 0.370 e. The molecule has 2 aromatic rings. The van der Waals surface area contributed by atoms with Crippen molar-refractivity contribution in [3.8, 4) is 0 Å². The Morgan fingerprint density at radius 3 is 2.66 bits per heavy atom. The molecule has 6 heteroatoms. The van der Waals surface area contributed by atoms with E-state index in [4.69, 9.17) is 4.99 Å². The first-order valence-corrected chi connectivity index (χ1v) is 10.3. The highest BCUT2D eigenvalue weighted by atomic mass is 16.1. The molecule has 154 valence electrons. The fourth-order valence-corrected chi connectivity index (χ4v) is 3.51. The van der Waals surface area contributed by atoms with Gasteiger partial charge < -0.3 is 20.9 Å². The van der Waals surface area contributed by atoms with E-state index in [0.717, 1.165) is 18.2 Å². The van der Waals surface area contributed by atoms with Gasteiger partial charge in [0, 0.05) is 49.9 Å². The van der Waals surface area contributed by atoms with Gasteiger partial charge in [-0.05, 0) is 37.6 Å². The summed E-state index contributed by atoms with van der Waals surface area (Å²) < 4.78 is 0. The fourth-order valence-electron chi connectivity index (χ4n) is 3.51. The topological polar surface area (TPSA) is 68.8 Å². The molecule has 1 amide bonds. The number of guanidine groups is 1. The highest BCUT2D eigenvalue weighted by molar-refractivity contribution is 5.94. The predicted molar refractivity (Wildman–Crippen MR) is 121 cm³/mol. The van der Waals surface area contributed by atoms with Crippen molar-refractivity contribution in [2.45, 2.75) is 32.2 Å². The summed E-state index contributed by atoms with van der Waals surface area (Å²) in [5, 5.41) is 9.69. The minimum atomic E-state index is 0.0653. The lowest BCUT2D eigenvalue weighted by atomic mass is 9.90. The third kappa shape index (κ3) is 5.50. The SMILES string of the molecule is CCNC(=NCC(C)N(C)c1ccccc1)NCC1CC(=O)Nc2ccccc21. The molecule has 3 rings (SSSR count). The molecule has 0 fully saturated rings. The predicted octanol–water partition coefficient (Wildman–Crippen LogP) is 3.19. The van der Waals surface area contributed by atoms with Crippen LogP contribution in [0, 0.1) is 0 Å². The molecule has 2 atom stereocenters. The standard InChI is InChI=1S/C23H31N5O/c1-4-24-23(25-15-17(2)28(3)19-10-6-5-7-11-19)26-16-18-14-22(29)27-21-13-9-8-12-20(18)21/h5-13,17-18H,4,14-16H2,1-3H3,(H,27,29)(H2,24,25,26). The van der Waals surface area contributed by atoms with Crippen molar-refractivity contribution in [2.75, 3.05) is 36.9 Å². The maximum atomic E-state index is 12.0. The van der Waals surface area contributed by atoms with E-state index in [2.05, 4.69) is 59.9 Å². The summed E-state index contributed by atoms with van der Waals surface area (Å²) in [7, 11) is 2.09. The van der Waals surface area contributed by atoms with E-state index in [1.165, 1.54) is 11.3 Å². The summed E-state index contributed by atoms with van der Waals surface area (Å²) in [4.78, 5) is 19.0. The zero-order chi connectivity index (χ0) is 20.6. The lowest BCUT2D eigenvalue weighted by molar-refractivity contribution is -0.116. The van der Waals surface area contributed by atoms with Crippen molar-refractivity contribution >= 4 is 23.2 Å². The maximum Gasteiger partial charge on any atom is 0.225 e. The Morgan fingerprint density at radius 1 is 1.17 bits per heavy atom. The summed E-state index contributed by atoms with van der Waals surface area (Å²) in [5.74, 6) is 0.980. The van der Waals surface area contributed by atoms with Crippen LogP contribution in [0.25, 0.3) is 0 Å². The van der Waals surface area contributed by atoms with Gasteiger partial charge in [0.1, 0.15) is 0 Å². The van der Waals surface area contributed by atoms with E-state index in [0.29, 0.717) is 19.5 Å². The van der Waals surface area contributed by atoms with Crippen LogP contribution in [0.1, 0.15) is 31.7 Å². The van der Waals surface area contributed by atoms with Gasteiger partial charge in [-0.15, -0.1) is 0 Å².